The molecule has 3 aliphatic rings. The van der Waals surface area contributed by atoms with Crippen molar-refractivity contribution in [3.8, 4) is 0 Å². The fourth-order valence-electron chi connectivity index (χ4n) is 7.10. The van der Waals surface area contributed by atoms with Gasteiger partial charge in [-0.15, -0.1) is 0 Å². The van der Waals surface area contributed by atoms with E-state index in [2.05, 4.69) is 6.92 Å². The van der Waals surface area contributed by atoms with Crippen LogP contribution in [-0.2, 0) is 0 Å². The minimum Gasteiger partial charge on any atom is -0.207 e. The zero-order valence-electron chi connectivity index (χ0n) is 18.4. The quantitative estimate of drug-likeness (QED) is 0.418. The summed E-state index contributed by atoms with van der Waals surface area (Å²) in [5.74, 6) is 4.11. The molecule has 29 heavy (non-hydrogen) atoms. The van der Waals surface area contributed by atoms with Gasteiger partial charge in [-0.05, 0) is 105 Å². The molecule has 3 saturated carbocycles. The van der Waals surface area contributed by atoms with Crippen LogP contribution in [0.15, 0.2) is 18.2 Å². The molecule has 162 valence electrons. The van der Waals surface area contributed by atoms with Crippen LogP contribution in [0.5, 0.6) is 0 Å². The van der Waals surface area contributed by atoms with E-state index in [-0.39, 0.29) is 0 Å². The van der Waals surface area contributed by atoms with E-state index in [1.165, 1.54) is 77.0 Å². The number of rotatable bonds is 6. The Kier molecular flexibility index (Phi) is 7.30. The fraction of sp³-hybridized carbons (Fsp3) is 0.778. The SMILES string of the molecule is CCCCCC1CCC(C2CCC3CC(c4cc(F)cc(F)c4)CCC3C2)CC1. The molecule has 0 spiro atoms. The van der Waals surface area contributed by atoms with Crippen molar-refractivity contribution in [3.05, 3.63) is 35.4 Å². The fourth-order valence-corrected chi connectivity index (χ4v) is 7.10. The Bertz CT molecular complexity index is 626. The Balaban J connectivity index is 1.26. The van der Waals surface area contributed by atoms with Crippen LogP contribution in [0.3, 0.4) is 0 Å². The molecule has 0 bridgehead atoms. The predicted octanol–water partition coefficient (Wildman–Crippen LogP) is 8.65. The van der Waals surface area contributed by atoms with Crippen LogP contribution in [0.4, 0.5) is 8.78 Å². The highest BCUT2D eigenvalue weighted by Gasteiger charge is 2.39. The normalized spacial score (nSPS) is 35.3. The van der Waals surface area contributed by atoms with Crippen LogP contribution < -0.4 is 0 Å². The van der Waals surface area contributed by atoms with Crippen molar-refractivity contribution in [2.75, 3.05) is 0 Å². The number of hydrogen-bond acceptors (Lipinski definition) is 0. The molecule has 1 aromatic rings. The zero-order chi connectivity index (χ0) is 20.2. The molecule has 0 amide bonds. The second kappa shape index (κ2) is 9.92. The van der Waals surface area contributed by atoms with Crippen molar-refractivity contribution in [2.45, 2.75) is 103 Å². The van der Waals surface area contributed by atoms with Gasteiger partial charge in [-0.3, -0.25) is 0 Å². The first-order valence-corrected chi connectivity index (χ1v) is 12.6. The molecule has 4 rings (SSSR count). The van der Waals surface area contributed by atoms with E-state index in [4.69, 9.17) is 0 Å². The van der Waals surface area contributed by atoms with Gasteiger partial charge in [-0.25, -0.2) is 8.78 Å². The largest absolute Gasteiger partial charge is 0.207 e. The molecule has 3 aliphatic carbocycles. The lowest BCUT2D eigenvalue weighted by molar-refractivity contribution is 0.0710. The highest BCUT2D eigenvalue weighted by atomic mass is 19.1. The molecular weight excluding hydrogens is 362 g/mol. The topological polar surface area (TPSA) is 0 Å². The van der Waals surface area contributed by atoms with E-state index in [9.17, 15) is 8.78 Å². The summed E-state index contributed by atoms with van der Waals surface area (Å²) < 4.78 is 27.3. The Morgan fingerprint density at radius 3 is 1.97 bits per heavy atom. The minimum atomic E-state index is -0.420. The van der Waals surface area contributed by atoms with Gasteiger partial charge >= 0.3 is 0 Å². The summed E-state index contributed by atoms with van der Waals surface area (Å²) in [5.41, 5.74) is 0.893. The maximum atomic E-state index is 13.6. The lowest BCUT2D eigenvalue weighted by atomic mass is 9.60. The third kappa shape index (κ3) is 5.42. The molecule has 0 saturated heterocycles. The molecule has 0 N–H and O–H groups in total. The summed E-state index contributed by atoms with van der Waals surface area (Å²) in [6.45, 7) is 2.30. The van der Waals surface area contributed by atoms with Crippen LogP contribution in [0.1, 0.15) is 108 Å². The van der Waals surface area contributed by atoms with Crippen LogP contribution in [0.2, 0.25) is 0 Å². The van der Waals surface area contributed by atoms with Gasteiger partial charge < -0.3 is 0 Å². The molecular formula is C27H40F2. The molecule has 0 aliphatic heterocycles. The monoisotopic (exact) mass is 402 g/mol. The Morgan fingerprint density at radius 1 is 0.690 bits per heavy atom. The van der Waals surface area contributed by atoms with Gasteiger partial charge in [0.25, 0.3) is 0 Å². The molecule has 0 nitrogen and oxygen atoms in total. The highest BCUT2D eigenvalue weighted by Crippen LogP contribution is 2.51. The first-order chi connectivity index (χ1) is 14.1. The third-order valence-corrected chi connectivity index (χ3v) is 8.78. The number of benzene rings is 1. The average Bonchev–Trinajstić information content (AvgIpc) is 2.73. The van der Waals surface area contributed by atoms with E-state index in [1.54, 1.807) is 12.1 Å². The van der Waals surface area contributed by atoms with Crippen LogP contribution >= 0.6 is 0 Å². The summed E-state index contributed by atoms with van der Waals surface area (Å²) >= 11 is 0. The van der Waals surface area contributed by atoms with E-state index in [0.29, 0.717) is 5.92 Å². The van der Waals surface area contributed by atoms with E-state index in [1.807, 2.05) is 0 Å². The second-order valence-electron chi connectivity index (χ2n) is 10.6. The van der Waals surface area contributed by atoms with Crippen LogP contribution in [-0.4, -0.2) is 0 Å². The van der Waals surface area contributed by atoms with Crippen molar-refractivity contribution in [3.63, 3.8) is 0 Å². The Labute approximate surface area is 176 Å². The van der Waals surface area contributed by atoms with Gasteiger partial charge in [0.05, 0.1) is 0 Å². The highest BCUT2D eigenvalue weighted by molar-refractivity contribution is 5.22. The summed E-state index contributed by atoms with van der Waals surface area (Å²) in [4.78, 5) is 0. The summed E-state index contributed by atoms with van der Waals surface area (Å²) in [6.07, 6.45) is 19.3. The summed E-state index contributed by atoms with van der Waals surface area (Å²) in [6, 6.07) is 4.14. The smallest absolute Gasteiger partial charge is 0.126 e. The predicted molar refractivity (Wildman–Crippen MR) is 117 cm³/mol. The molecule has 0 aromatic heterocycles. The molecule has 0 heterocycles. The van der Waals surface area contributed by atoms with Gasteiger partial charge in [0.2, 0.25) is 0 Å². The lowest BCUT2D eigenvalue weighted by Gasteiger charge is -2.45. The van der Waals surface area contributed by atoms with Crippen molar-refractivity contribution < 1.29 is 8.78 Å². The number of hydrogen-bond donors (Lipinski definition) is 0. The van der Waals surface area contributed by atoms with Gasteiger partial charge in [-0.2, -0.15) is 0 Å². The molecule has 4 unspecified atom stereocenters. The zero-order valence-corrected chi connectivity index (χ0v) is 18.4. The summed E-state index contributed by atoms with van der Waals surface area (Å²) in [7, 11) is 0. The van der Waals surface area contributed by atoms with Gasteiger partial charge in [0.15, 0.2) is 0 Å². The molecule has 3 fully saturated rings. The number of unbranched alkanes of at least 4 members (excludes halogenated alkanes) is 2. The van der Waals surface area contributed by atoms with Crippen molar-refractivity contribution >= 4 is 0 Å². The first-order valence-electron chi connectivity index (χ1n) is 12.6. The summed E-state index contributed by atoms with van der Waals surface area (Å²) in [5, 5.41) is 0. The van der Waals surface area contributed by atoms with Gasteiger partial charge in [-0.1, -0.05) is 45.4 Å². The van der Waals surface area contributed by atoms with Crippen LogP contribution in [0, 0.1) is 41.2 Å². The van der Waals surface area contributed by atoms with Crippen LogP contribution in [0.25, 0.3) is 0 Å². The molecule has 0 radical (unpaired) electrons. The second-order valence-corrected chi connectivity index (χ2v) is 10.6. The number of halogens is 2. The van der Waals surface area contributed by atoms with E-state index in [0.717, 1.165) is 54.1 Å². The maximum Gasteiger partial charge on any atom is 0.126 e. The molecule has 2 heteroatoms. The van der Waals surface area contributed by atoms with Crippen molar-refractivity contribution in [1.82, 2.24) is 0 Å². The molecule has 4 atom stereocenters. The first kappa shape index (κ1) is 21.3. The molecule has 1 aromatic carbocycles. The Morgan fingerprint density at radius 2 is 1.28 bits per heavy atom. The standard InChI is InChI=1S/C27H40F2/c1-2-3-4-5-19-6-8-20(9-7-19)21-10-11-23-15-24(13-12-22(23)14-21)25-16-26(28)18-27(29)17-25/h16-24H,2-15H2,1H3. The number of fused-ring (bicyclic) bond motifs is 1. The Hall–Kier alpha value is -0.920. The van der Waals surface area contributed by atoms with E-state index >= 15 is 0 Å². The van der Waals surface area contributed by atoms with Crippen molar-refractivity contribution in [1.29, 1.82) is 0 Å². The van der Waals surface area contributed by atoms with E-state index < -0.39 is 11.6 Å². The average molecular weight is 403 g/mol. The maximum absolute atomic E-state index is 13.6. The third-order valence-electron chi connectivity index (χ3n) is 8.78. The van der Waals surface area contributed by atoms with Gasteiger partial charge in [0.1, 0.15) is 11.6 Å². The minimum absolute atomic E-state index is 0.358. The van der Waals surface area contributed by atoms with Crippen molar-refractivity contribution in [2.24, 2.45) is 29.6 Å². The van der Waals surface area contributed by atoms with Gasteiger partial charge in [0, 0.05) is 6.07 Å². The lowest BCUT2D eigenvalue weighted by Crippen LogP contribution is -2.34.